The van der Waals surface area contributed by atoms with Crippen molar-refractivity contribution in [2.75, 3.05) is 26.3 Å². The molecule has 0 aromatic carbocycles. The second-order valence-electron chi connectivity index (χ2n) is 10.9. The topological polar surface area (TPSA) is 103 Å². The number of hydrogen-bond donors (Lipinski definition) is 1. The minimum Gasteiger partial charge on any atom is -0.477 e. The van der Waals surface area contributed by atoms with E-state index >= 15 is 0 Å². The molecule has 0 unspecified atom stereocenters. The van der Waals surface area contributed by atoms with Crippen molar-refractivity contribution < 1.29 is 19.4 Å². The molecule has 3 aromatic heterocycles. The second kappa shape index (κ2) is 11.0. The van der Waals surface area contributed by atoms with Gasteiger partial charge in [0.2, 0.25) is 5.88 Å². The summed E-state index contributed by atoms with van der Waals surface area (Å²) < 4.78 is 14.4. The summed E-state index contributed by atoms with van der Waals surface area (Å²) in [6.45, 7) is 13.4. The Bertz CT molecular complexity index is 1220. The first-order valence-corrected chi connectivity index (χ1v) is 16.3. The van der Waals surface area contributed by atoms with Gasteiger partial charge < -0.3 is 24.0 Å². The van der Waals surface area contributed by atoms with Crippen LogP contribution in [0.25, 0.3) is 22.2 Å². The Hall–Kier alpha value is -2.98. The molecule has 0 radical (unpaired) electrons. The molecule has 4 heterocycles. The SMILES string of the molecule is Cc1cc(-c2cn(COCC[Si](C)(C)C)c3nc(C)nc(OC[C@@H]4CCCN(C(=O)O)C4)c23)ccn1. The van der Waals surface area contributed by atoms with Crippen molar-refractivity contribution in [2.24, 2.45) is 5.92 Å². The van der Waals surface area contributed by atoms with Crippen molar-refractivity contribution >= 4 is 25.2 Å². The monoisotopic (exact) mass is 511 g/mol. The van der Waals surface area contributed by atoms with Crippen LogP contribution in [0.15, 0.2) is 24.5 Å². The minimum atomic E-state index is -1.19. The van der Waals surface area contributed by atoms with Gasteiger partial charge in [0.25, 0.3) is 0 Å². The largest absolute Gasteiger partial charge is 0.477 e. The molecular weight excluding hydrogens is 474 g/mol. The number of ether oxygens (including phenoxy) is 2. The zero-order chi connectivity index (χ0) is 25.9. The Morgan fingerprint density at radius 3 is 2.78 bits per heavy atom. The molecule has 10 heteroatoms. The minimum absolute atomic E-state index is 0.124. The summed E-state index contributed by atoms with van der Waals surface area (Å²) in [7, 11) is -1.19. The molecule has 1 fully saturated rings. The van der Waals surface area contributed by atoms with E-state index in [4.69, 9.17) is 14.5 Å². The molecule has 9 nitrogen and oxygen atoms in total. The van der Waals surface area contributed by atoms with Crippen LogP contribution in [0, 0.1) is 19.8 Å². The van der Waals surface area contributed by atoms with Gasteiger partial charge in [0, 0.05) is 57.3 Å². The predicted octanol–water partition coefficient (Wildman–Crippen LogP) is 5.19. The molecule has 0 saturated carbocycles. The maximum Gasteiger partial charge on any atom is 0.407 e. The van der Waals surface area contributed by atoms with E-state index in [1.807, 2.05) is 30.5 Å². The van der Waals surface area contributed by atoms with Gasteiger partial charge in [-0.05, 0) is 50.4 Å². The van der Waals surface area contributed by atoms with Gasteiger partial charge in [-0.1, -0.05) is 19.6 Å². The molecule has 1 aliphatic rings. The van der Waals surface area contributed by atoms with Crippen molar-refractivity contribution in [3.05, 3.63) is 36.0 Å². The Morgan fingerprint density at radius 2 is 2.06 bits per heavy atom. The van der Waals surface area contributed by atoms with E-state index in [1.54, 1.807) is 6.20 Å². The molecule has 1 saturated heterocycles. The Labute approximate surface area is 213 Å². The highest BCUT2D eigenvalue weighted by Crippen LogP contribution is 2.36. The summed E-state index contributed by atoms with van der Waals surface area (Å²) in [5.41, 5.74) is 3.67. The fourth-order valence-electron chi connectivity index (χ4n) is 4.51. The highest BCUT2D eigenvalue weighted by atomic mass is 28.3. The Kier molecular flexibility index (Phi) is 7.94. The summed E-state index contributed by atoms with van der Waals surface area (Å²) in [5, 5.41) is 10.2. The van der Waals surface area contributed by atoms with Crippen LogP contribution < -0.4 is 4.74 Å². The lowest BCUT2D eigenvalue weighted by atomic mass is 9.99. The number of rotatable bonds is 9. The molecule has 1 N–H and O–H groups in total. The summed E-state index contributed by atoms with van der Waals surface area (Å²) >= 11 is 0. The molecule has 1 amide bonds. The fourth-order valence-corrected chi connectivity index (χ4v) is 5.26. The third-order valence-electron chi connectivity index (χ3n) is 6.47. The van der Waals surface area contributed by atoms with E-state index in [-0.39, 0.29) is 5.92 Å². The van der Waals surface area contributed by atoms with E-state index in [1.165, 1.54) is 4.90 Å². The molecule has 0 bridgehead atoms. The summed E-state index contributed by atoms with van der Waals surface area (Å²) in [5.74, 6) is 1.27. The number of likely N-dealkylation sites (tertiary alicyclic amines) is 1. The van der Waals surface area contributed by atoms with Crippen LogP contribution in [0.1, 0.15) is 24.4 Å². The molecule has 1 aliphatic heterocycles. The van der Waals surface area contributed by atoms with Gasteiger partial charge in [-0.15, -0.1) is 0 Å². The van der Waals surface area contributed by atoms with Crippen molar-refractivity contribution in [3.63, 3.8) is 0 Å². The standard InChI is InChI=1S/C26H37N5O4Si/c1-18-13-21(8-9-27-18)22-15-31(17-34-11-12-36(3,4)5)24-23(22)25(29-19(2)28-24)35-16-20-7-6-10-30(14-20)26(32)33/h8-9,13,15,20H,6-7,10-12,14,16-17H2,1-5H3,(H,32,33)/t20-/m1/s1. The van der Waals surface area contributed by atoms with Crippen molar-refractivity contribution in [2.45, 2.75) is 59.1 Å². The van der Waals surface area contributed by atoms with Gasteiger partial charge in [-0.2, -0.15) is 4.98 Å². The van der Waals surface area contributed by atoms with E-state index in [9.17, 15) is 9.90 Å². The van der Waals surface area contributed by atoms with Crippen LogP contribution in [0.3, 0.4) is 0 Å². The summed E-state index contributed by atoms with van der Waals surface area (Å²) in [6, 6.07) is 5.12. The number of pyridine rings is 1. The number of hydrogen-bond acceptors (Lipinski definition) is 6. The molecule has 36 heavy (non-hydrogen) atoms. The van der Waals surface area contributed by atoms with Crippen LogP contribution in [0.5, 0.6) is 5.88 Å². The number of nitrogens with zero attached hydrogens (tertiary/aromatic N) is 5. The van der Waals surface area contributed by atoms with Crippen LogP contribution in [0.2, 0.25) is 25.7 Å². The Morgan fingerprint density at radius 1 is 1.25 bits per heavy atom. The van der Waals surface area contributed by atoms with Crippen molar-refractivity contribution in [3.8, 4) is 17.0 Å². The average Bonchev–Trinajstić information content (AvgIpc) is 3.18. The van der Waals surface area contributed by atoms with E-state index in [0.717, 1.165) is 46.7 Å². The number of piperidine rings is 1. The first kappa shape index (κ1) is 26.1. The zero-order valence-electron chi connectivity index (χ0n) is 22.0. The lowest BCUT2D eigenvalue weighted by Gasteiger charge is -2.30. The molecular formula is C26H37N5O4Si. The van der Waals surface area contributed by atoms with Gasteiger partial charge in [-0.3, -0.25) is 4.98 Å². The molecule has 194 valence electrons. The fraction of sp³-hybridized carbons (Fsp3) is 0.538. The summed E-state index contributed by atoms with van der Waals surface area (Å²) in [6.07, 6.45) is 4.75. The van der Waals surface area contributed by atoms with Gasteiger partial charge in [0.05, 0.1) is 12.0 Å². The first-order chi connectivity index (χ1) is 17.1. The van der Waals surface area contributed by atoms with Crippen molar-refractivity contribution in [1.82, 2.24) is 24.4 Å². The number of fused-ring (bicyclic) bond motifs is 1. The molecule has 3 aromatic rings. The maximum absolute atomic E-state index is 11.4. The van der Waals surface area contributed by atoms with Gasteiger partial charge in [-0.25, -0.2) is 9.78 Å². The Balaban J connectivity index is 1.65. The van der Waals surface area contributed by atoms with Crippen LogP contribution in [-0.2, 0) is 11.5 Å². The second-order valence-corrected chi connectivity index (χ2v) is 16.5. The summed E-state index contributed by atoms with van der Waals surface area (Å²) in [4.78, 5) is 26.7. The third-order valence-corrected chi connectivity index (χ3v) is 8.18. The van der Waals surface area contributed by atoms with E-state index < -0.39 is 14.2 Å². The van der Waals surface area contributed by atoms with Gasteiger partial charge in [0.1, 0.15) is 18.2 Å². The number of aryl methyl sites for hydroxylation is 2. The van der Waals surface area contributed by atoms with Gasteiger partial charge >= 0.3 is 6.09 Å². The molecule has 1 atom stereocenters. The smallest absolute Gasteiger partial charge is 0.407 e. The molecule has 0 aliphatic carbocycles. The lowest BCUT2D eigenvalue weighted by Crippen LogP contribution is -2.40. The van der Waals surface area contributed by atoms with Crippen LogP contribution in [0.4, 0.5) is 4.79 Å². The number of carboxylic acid groups (broad SMARTS) is 1. The zero-order valence-corrected chi connectivity index (χ0v) is 23.0. The number of aromatic nitrogens is 4. The highest BCUT2D eigenvalue weighted by Gasteiger charge is 2.25. The molecule has 0 spiro atoms. The highest BCUT2D eigenvalue weighted by molar-refractivity contribution is 6.76. The number of amides is 1. The quantitative estimate of drug-likeness (QED) is 0.311. The van der Waals surface area contributed by atoms with Crippen molar-refractivity contribution in [1.29, 1.82) is 0 Å². The van der Waals surface area contributed by atoms with E-state index in [0.29, 0.717) is 44.7 Å². The molecule has 4 rings (SSSR count). The maximum atomic E-state index is 11.4. The third kappa shape index (κ3) is 6.41. The predicted molar refractivity (Wildman–Crippen MR) is 142 cm³/mol. The number of carbonyl (C=O) groups is 1. The van der Waals surface area contributed by atoms with Crippen LogP contribution in [-0.4, -0.2) is 70.0 Å². The van der Waals surface area contributed by atoms with E-state index in [2.05, 4.69) is 35.8 Å². The normalized spacial score (nSPS) is 16.5. The van der Waals surface area contributed by atoms with Crippen LogP contribution >= 0.6 is 0 Å². The van der Waals surface area contributed by atoms with Gasteiger partial charge in [0.15, 0.2) is 0 Å². The first-order valence-electron chi connectivity index (χ1n) is 12.6. The average molecular weight is 512 g/mol. The lowest BCUT2D eigenvalue weighted by molar-refractivity contribution is 0.0899.